The lowest BCUT2D eigenvalue weighted by Crippen LogP contribution is -2.20. The van der Waals surface area contributed by atoms with Crippen LogP contribution in [0.1, 0.15) is 18.8 Å². The number of carbonyl (C=O) groups excluding carboxylic acids is 1. The first-order chi connectivity index (χ1) is 9.12. The van der Waals surface area contributed by atoms with E-state index < -0.39 is 18.5 Å². The molecule has 1 unspecified atom stereocenters. The molecular weight excluding hydrogens is 248 g/mol. The van der Waals surface area contributed by atoms with Gasteiger partial charge in [0.1, 0.15) is 5.75 Å². The largest absolute Gasteiger partial charge is 0.455 e. The summed E-state index contributed by atoms with van der Waals surface area (Å²) in [6.45, 7) is 4.94. The lowest BCUT2D eigenvalue weighted by atomic mass is 10.2. The van der Waals surface area contributed by atoms with E-state index in [-0.39, 0.29) is 0 Å². The predicted molar refractivity (Wildman–Crippen MR) is 69.6 cm³/mol. The number of methoxy groups -OCH3 is 2. The molecule has 0 aliphatic rings. The standard InChI is InChI=1S/C14H18O5/c1-5-13(15)19-10(2)18-12-9-7-6-8-11(12)14(16-3)17-4/h5-10,14H,1H2,2-4H3. The number of rotatable bonds is 7. The average molecular weight is 266 g/mol. The third-order valence-corrected chi connectivity index (χ3v) is 2.34. The van der Waals surface area contributed by atoms with Crippen LogP contribution in [-0.4, -0.2) is 26.5 Å². The molecule has 104 valence electrons. The number of hydrogen-bond acceptors (Lipinski definition) is 5. The van der Waals surface area contributed by atoms with Crippen molar-refractivity contribution in [1.29, 1.82) is 0 Å². The molecule has 0 bridgehead atoms. The number of carbonyl (C=O) groups is 1. The Balaban J connectivity index is 2.82. The summed E-state index contributed by atoms with van der Waals surface area (Å²) in [6, 6.07) is 7.21. The third kappa shape index (κ3) is 4.39. The fourth-order valence-corrected chi connectivity index (χ4v) is 1.55. The molecule has 0 saturated carbocycles. The molecule has 0 amide bonds. The van der Waals surface area contributed by atoms with Crippen LogP contribution in [0.4, 0.5) is 0 Å². The molecule has 19 heavy (non-hydrogen) atoms. The maximum Gasteiger partial charge on any atom is 0.333 e. The van der Waals surface area contributed by atoms with Crippen LogP contribution in [0.2, 0.25) is 0 Å². The summed E-state index contributed by atoms with van der Waals surface area (Å²) in [6.07, 6.45) is -0.196. The Bertz CT molecular complexity index is 426. The summed E-state index contributed by atoms with van der Waals surface area (Å²) in [7, 11) is 3.07. The van der Waals surface area contributed by atoms with Gasteiger partial charge < -0.3 is 18.9 Å². The first-order valence-electron chi connectivity index (χ1n) is 5.76. The zero-order valence-electron chi connectivity index (χ0n) is 11.3. The second-order valence-corrected chi connectivity index (χ2v) is 3.67. The predicted octanol–water partition coefficient (Wildman–Crippen LogP) is 2.43. The van der Waals surface area contributed by atoms with E-state index in [0.29, 0.717) is 11.3 Å². The number of para-hydroxylation sites is 1. The molecule has 0 aliphatic heterocycles. The van der Waals surface area contributed by atoms with Crippen molar-refractivity contribution in [2.45, 2.75) is 19.5 Å². The smallest absolute Gasteiger partial charge is 0.333 e. The molecule has 1 aromatic carbocycles. The van der Waals surface area contributed by atoms with Crippen molar-refractivity contribution in [3.05, 3.63) is 42.5 Å². The van der Waals surface area contributed by atoms with Gasteiger partial charge in [-0.25, -0.2) is 4.79 Å². The molecule has 5 heteroatoms. The van der Waals surface area contributed by atoms with Crippen LogP contribution in [0.15, 0.2) is 36.9 Å². The molecule has 1 aromatic rings. The molecule has 1 rings (SSSR count). The third-order valence-electron chi connectivity index (χ3n) is 2.34. The van der Waals surface area contributed by atoms with Crippen molar-refractivity contribution in [3.8, 4) is 5.75 Å². The van der Waals surface area contributed by atoms with Gasteiger partial charge in [0.15, 0.2) is 6.29 Å². The number of hydrogen-bond donors (Lipinski definition) is 0. The van der Waals surface area contributed by atoms with Crippen molar-refractivity contribution in [2.24, 2.45) is 0 Å². The summed E-state index contributed by atoms with van der Waals surface area (Å²) < 4.78 is 20.9. The maximum absolute atomic E-state index is 11.1. The molecule has 0 fully saturated rings. The zero-order chi connectivity index (χ0) is 14.3. The van der Waals surface area contributed by atoms with Crippen molar-refractivity contribution in [3.63, 3.8) is 0 Å². The Hall–Kier alpha value is -1.85. The molecule has 0 N–H and O–H groups in total. The van der Waals surface area contributed by atoms with Gasteiger partial charge in [-0.15, -0.1) is 0 Å². The second kappa shape index (κ2) is 7.56. The van der Waals surface area contributed by atoms with Crippen LogP contribution in [-0.2, 0) is 19.0 Å². The van der Waals surface area contributed by atoms with Gasteiger partial charge >= 0.3 is 5.97 Å². The van der Waals surface area contributed by atoms with E-state index in [0.717, 1.165) is 6.08 Å². The monoisotopic (exact) mass is 266 g/mol. The number of benzene rings is 1. The Kier molecular flexibility index (Phi) is 6.05. The van der Waals surface area contributed by atoms with Crippen LogP contribution >= 0.6 is 0 Å². The number of ether oxygens (including phenoxy) is 4. The van der Waals surface area contributed by atoms with E-state index in [1.54, 1.807) is 13.0 Å². The van der Waals surface area contributed by atoms with E-state index in [1.807, 2.05) is 18.2 Å². The molecule has 5 nitrogen and oxygen atoms in total. The topological polar surface area (TPSA) is 54.0 Å². The molecule has 0 radical (unpaired) electrons. The summed E-state index contributed by atoms with van der Waals surface area (Å²) in [5.74, 6) is -0.0134. The normalized spacial score (nSPS) is 12.0. The first kappa shape index (κ1) is 15.2. The lowest BCUT2D eigenvalue weighted by molar-refractivity contribution is -0.155. The zero-order valence-corrected chi connectivity index (χ0v) is 11.3. The van der Waals surface area contributed by atoms with Crippen LogP contribution in [0.5, 0.6) is 5.75 Å². The van der Waals surface area contributed by atoms with E-state index in [2.05, 4.69) is 6.58 Å². The minimum absolute atomic E-state index is 0.528. The van der Waals surface area contributed by atoms with E-state index in [1.165, 1.54) is 14.2 Å². The molecule has 0 aromatic heterocycles. The van der Waals surface area contributed by atoms with Gasteiger partial charge in [-0.2, -0.15) is 0 Å². The Morgan fingerprint density at radius 3 is 2.47 bits per heavy atom. The summed E-state index contributed by atoms with van der Waals surface area (Å²) in [5, 5.41) is 0. The van der Waals surface area contributed by atoms with Crippen LogP contribution in [0.25, 0.3) is 0 Å². The Morgan fingerprint density at radius 2 is 1.89 bits per heavy atom. The average Bonchev–Trinajstić information content (AvgIpc) is 2.41. The lowest BCUT2D eigenvalue weighted by Gasteiger charge is -2.20. The Morgan fingerprint density at radius 1 is 1.26 bits per heavy atom. The highest BCUT2D eigenvalue weighted by atomic mass is 16.7. The molecular formula is C14H18O5. The van der Waals surface area contributed by atoms with Gasteiger partial charge in [0.05, 0.1) is 0 Å². The molecule has 0 saturated heterocycles. The van der Waals surface area contributed by atoms with Crippen LogP contribution in [0.3, 0.4) is 0 Å². The summed E-state index contributed by atoms with van der Waals surface area (Å²) in [5.41, 5.74) is 0.717. The fraction of sp³-hybridized carbons (Fsp3) is 0.357. The molecule has 0 heterocycles. The molecule has 0 spiro atoms. The minimum Gasteiger partial charge on any atom is -0.455 e. The molecule has 0 aliphatic carbocycles. The highest BCUT2D eigenvalue weighted by molar-refractivity contribution is 5.81. The molecule has 1 atom stereocenters. The van der Waals surface area contributed by atoms with Gasteiger partial charge in [0.2, 0.25) is 6.29 Å². The fourth-order valence-electron chi connectivity index (χ4n) is 1.55. The SMILES string of the molecule is C=CC(=O)OC(C)Oc1ccccc1C(OC)OC. The van der Waals surface area contributed by atoms with Crippen molar-refractivity contribution >= 4 is 5.97 Å². The number of esters is 1. The van der Waals surface area contributed by atoms with Crippen LogP contribution in [0, 0.1) is 0 Å². The van der Waals surface area contributed by atoms with E-state index >= 15 is 0 Å². The van der Waals surface area contributed by atoms with Crippen molar-refractivity contribution in [2.75, 3.05) is 14.2 Å². The van der Waals surface area contributed by atoms with E-state index in [4.69, 9.17) is 18.9 Å². The highest BCUT2D eigenvalue weighted by Gasteiger charge is 2.17. The van der Waals surface area contributed by atoms with Gasteiger partial charge in [-0.3, -0.25) is 0 Å². The second-order valence-electron chi connectivity index (χ2n) is 3.67. The van der Waals surface area contributed by atoms with Gasteiger partial charge in [0, 0.05) is 32.8 Å². The summed E-state index contributed by atoms with van der Waals surface area (Å²) in [4.78, 5) is 11.1. The van der Waals surface area contributed by atoms with Crippen molar-refractivity contribution < 1.29 is 23.7 Å². The minimum atomic E-state index is -0.735. The van der Waals surface area contributed by atoms with Gasteiger partial charge in [0.25, 0.3) is 0 Å². The van der Waals surface area contributed by atoms with Gasteiger partial charge in [-0.05, 0) is 6.07 Å². The van der Waals surface area contributed by atoms with Gasteiger partial charge in [-0.1, -0.05) is 24.8 Å². The van der Waals surface area contributed by atoms with E-state index in [9.17, 15) is 4.79 Å². The van der Waals surface area contributed by atoms with Crippen LogP contribution < -0.4 is 4.74 Å². The Labute approximate surface area is 112 Å². The highest BCUT2D eigenvalue weighted by Crippen LogP contribution is 2.28. The van der Waals surface area contributed by atoms with Crippen molar-refractivity contribution in [1.82, 2.24) is 0 Å². The summed E-state index contributed by atoms with van der Waals surface area (Å²) >= 11 is 0. The quantitative estimate of drug-likeness (QED) is 0.431. The first-order valence-corrected chi connectivity index (χ1v) is 5.76. The maximum atomic E-state index is 11.1.